The van der Waals surface area contributed by atoms with E-state index in [9.17, 15) is 4.79 Å². The van der Waals surface area contributed by atoms with Crippen molar-refractivity contribution in [1.29, 1.82) is 0 Å². The van der Waals surface area contributed by atoms with Crippen LogP contribution in [-0.2, 0) is 4.74 Å². The molecule has 6 nitrogen and oxygen atoms in total. The molecule has 6 heteroatoms. The lowest BCUT2D eigenvalue weighted by atomic mass is 10.2. The van der Waals surface area contributed by atoms with E-state index in [-0.39, 0.29) is 11.7 Å². The molecule has 1 aliphatic heterocycles. The van der Waals surface area contributed by atoms with Crippen molar-refractivity contribution in [2.24, 2.45) is 5.73 Å². The Bertz CT molecular complexity index is 572. The van der Waals surface area contributed by atoms with Gasteiger partial charge in [-0.05, 0) is 12.5 Å². The van der Waals surface area contributed by atoms with Crippen LogP contribution in [0.25, 0.3) is 10.9 Å². The monoisotopic (exact) mass is 232 g/mol. The van der Waals surface area contributed by atoms with E-state index < -0.39 is 5.91 Å². The van der Waals surface area contributed by atoms with Gasteiger partial charge in [-0.25, -0.2) is 4.98 Å². The second-order valence-electron chi connectivity index (χ2n) is 4.12. The molecule has 3 rings (SSSR count). The zero-order valence-electron chi connectivity index (χ0n) is 9.17. The number of carbonyl (C=O) groups is 1. The maximum absolute atomic E-state index is 11.0. The third kappa shape index (κ3) is 1.76. The van der Waals surface area contributed by atoms with Gasteiger partial charge in [-0.3, -0.25) is 9.48 Å². The standard InChI is InChI=1S/C11H12N4O2/c12-11(16)9-3-7-5-15(8-1-2-17-6-8)14-10(7)4-13-9/h3-5,8H,1-2,6H2,(H2,12,16). The average Bonchev–Trinajstić information content (AvgIpc) is 2.96. The summed E-state index contributed by atoms with van der Waals surface area (Å²) >= 11 is 0. The molecule has 0 aromatic carbocycles. The van der Waals surface area contributed by atoms with Crippen LogP contribution in [0.5, 0.6) is 0 Å². The second kappa shape index (κ2) is 3.81. The van der Waals surface area contributed by atoms with Crippen molar-refractivity contribution in [3.8, 4) is 0 Å². The molecule has 0 spiro atoms. The van der Waals surface area contributed by atoms with Gasteiger partial charge in [0.25, 0.3) is 5.91 Å². The van der Waals surface area contributed by atoms with E-state index in [1.807, 2.05) is 10.9 Å². The summed E-state index contributed by atoms with van der Waals surface area (Å²) < 4.78 is 7.20. The molecule has 2 aromatic heterocycles. The Morgan fingerprint density at radius 2 is 2.47 bits per heavy atom. The topological polar surface area (TPSA) is 83.0 Å². The minimum atomic E-state index is -0.524. The van der Waals surface area contributed by atoms with Crippen molar-refractivity contribution in [2.45, 2.75) is 12.5 Å². The van der Waals surface area contributed by atoms with Crippen molar-refractivity contribution in [2.75, 3.05) is 13.2 Å². The zero-order valence-corrected chi connectivity index (χ0v) is 9.17. The Hall–Kier alpha value is -1.95. The van der Waals surface area contributed by atoms with E-state index in [0.717, 1.165) is 23.9 Å². The quantitative estimate of drug-likeness (QED) is 0.816. The smallest absolute Gasteiger partial charge is 0.267 e. The number of hydrogen-bond donors (Lipinski definition) is 1. The summed E-state index contributed by atoms with van der Waals surface area (Å²) in [5, 5.41) is 5.29. The minimum Gasteiger partial charge on any atom is -0.379 e. The molecule has 1 aliphatic rings. The number of nitrogens with two attached hydrogens (primary N) is 1. The van der Waals surface area contributed by atoms with Crippen LogP contribution in [0, 0.1) is 0 Å². The fraction of sp³-hybridized carbons (Fsp3) is 0.364. The number of ether oxygens (including phenoxy) is 1. The predicted molar refractivity (Wildman–Crippen MR) is 60.5 cm³/mol. The highest BCUT2D eigenvalue weighted by atomic mass is 16.5. The normalized spacial score (nSPS) is 19.9. The van der Waals surface area contributed by atoms with Gasteiger partial charge in [0.05, 0.1) is 18.8 Å². The number of aromatic nitrogens is 3. The second-order valence-corrected chi connectivity index (χ2v) is 4.12. The molecule has 3 heterocycles. The number of pyridine rings is 1. The van der Waals surface area contributed by atoms with Gasteiger partial charge in [0.2, 0.25) is 0 Å². The van der Waals surface area contributed by atoms with Crippen molar-refractivity contribution < 1.29 is 9.53 Å². The van der Waals surface area contributed by atoms with Crippen molar-refractivity contribution in [3.63, 3.8) is 0 Å². The molecule has 0 bridgehead atoms. The van der Waals surface area contributed by atoms with Crippen LogP contribution in [0.1, 0.15) is 23.0 Å². The Labute approximate surface area is 97.4 Å². The van der Waals surface area contributed by atoms with E-state index in [0.29, 0.717) is 6.61 Å². The number of amides is 1. The first-order valence-electron chi connectivity index (χ1n) is 5.46. The maximum Gasteiger partial charge on any atom is 0.267 e. The van der Waals surface area contributed by atoms with E-state index in [2.05, 4.69) is 10.1 Å². The molecule has 88 valence electrons. The number of nitrogens with zero attached hydrogens (tertiary/aromatic N) is 3. The largest absolute Gasteiger partial charge is 0.379 e. The summed E-state index contributed by atoms with van der Waals surface area (Å²) in [5.74, 6) is -0.524. The number of hydrogen-bond acceptors (Lipinski definition) is 4. The Kier molecular flexibility index (Phi) is 2.29. The highest BCUT2D eigenvalue weighted by molar-refractivity contribution is 5.94. The highest BCUT2D eigenvalue weighted by Crippen LogP contribution is 2.21. The molecule has 0 radical (unpaired) electrons. The first kappa shape index (κ1) is 10.2. The minimum absolute atomic E-state index is 0.264. The molecule has 1 unspecified atom stereocenters. The average molecular weight is 232 g/mol. The molecule has 1 amide bonds. The lowest BCUT2D eigenvalue weighted by Crippen LogP contribution is -2.12. The maximum atomic E-state index is 11.0. The molecular weight excluding hydrogens is 220 g/mol. The van der Waals surface area contributed by atoms with Gasteiger partial charge in [0.1, 0.15) is 11.2 Å². The first-order chi connectivity index (χ1) is 8.24. The van der Waals surface area contributed by atoms with E-state index in [1.165, 1.54) is 0 Å². The lowest BCUT2D eigenvalue weighted by Gasteiger charge is -2.06. The SMILES string of the molecule is NC(=O)c1cc2cn(C3CCOC3)nc2cn1. The molecule has 1 saturated heterocycles. The van der Waals surface area contributed by atoms with E-state index in [1.54, 1.807) is 12.3 Å². The lowest BCUT2D eigenvalue weighted by molar-refractivity contribution is 0.0996. The van der Waals surface area contributed by atoms with Gasteiger partial charge in [-0.1, -0.05) is 0 Å². The van der Waals surface area contributed by atoms with Crippen LogP contribution >= 0.6 is 0 Å². The molecule has 0 aliphatic carbocycles. The van der Waals surface area contributed by atoms with Crippen molar-refractivity contribution in [1.82, 2.24) is 14.8 Å². The molecular formula is C11H12N4O2. The van der Waals surface area contributed by atoms with Crippen LogP contribution in [-0.4, -0.2) is 33.9 Å². The highest BCUT2D eigenvalue weighted by Gasteiger charge is 2.19. The summed E-state index contributed by atoms with van der Waals surface area (Å²) in [4.78, 5) is 15.0. The van der Waals surface area contributed by atoms with Crippen LogP contribution in [0.3, 0.4) is 0 Å². The van der Waals surface area contributed by atoms with Gasteiger partial charge in [-0.15, -0.1) is 0 Å². The van der Waals surface area contributed by atoms with Crippen LogP contribution in [0.2, 0.25) is 0 Å². The summed E-state index contributed by atoms with van der Waals surface area (Å²) in [6.07, 6.45) is 4.44. The Balaban J connectivity index is 2.03. The third-order valence-corrected chi connectivity index (χ3v) is 2.94. The van der Waals surface area contributed by atoms with Gasteiger partial charge >= 0.3 is 0 Å². The number of carbonyl (C=O) groups excluding carboxylic acids is 1. The Morgan fingerprint density at radius 1 is 1.59 bits per heavy atom. The van der Waals surface area contributed by atoms with Gasteiger partial charge in [0, 0.05) is 18.2 Å². The zero-order chi connectivity index (χ0) is 11.8. The number of primary amides is 1. The summed E-state index contributed by atoms with van der Waals surface area (Å²) in [6.45, 7) is 1.45. The van der Waals surface area contributed by atoms with E-state index >= 15 is 0 Å². The van der Waals surface area contributed by atoms with Gasteiger partial charge in [-0.2, -0.15) is 5.10 Å². The van der Waals surface area contributed by atoms with Gasteiger partial charge in [0.15, 0.2) is 0 Å². The molecule has 17 heavy (non-hydrogen) atoms. The van der Waals surface area contributed by atoms with Crippen LogP contribution in [0.4, 0.5) is 0 Å². The van der Waals surface area contributed by atoms with Crippen LogP contribution in [0.15, 0.2) is 18.5 Å². The number of fused-ring (bicyclic) bond motifs is 1. The molecule has 1 fully saturated rings. The summed E-state index contributed by atoms with van der Waals surface area (Å²) in [6, 6.07) is 1.94. The predicted octanol–water partition coefficient (Wildman–Crippen LogP) is 0.492. The third-order valence-electron chi connectivity index (χ3n) is 2.94. The Morgan fingerprint density at radius 3 is 3.18 bits per heavy atom. The summed E-state index contributed by atoms with van der Waals surface area (Å²) in [5.41, 5.74) is 6.21. The van der Waals surface area contributed by atoms with E-state index in [4.69, 9.17) is 10.5 Å². The van der Waals surface area contributed by atoms with Crippen LogP contribution < -0.4 is 5.73 Å². The first-order valence-corrected chi connectivity index (χ1v) is 5.46. The molecule has 2 N–H and O–H groups in total. The fourth-order valence-electron chi connectivity index (χ4n) is 2.00. The number of rotatable bonds is 2. The molecule has 0 saturated carbocycles. The van der Waals surface area contributed by atoms with Crippen molar-refractivity contribution >= 4 is 16.8 Å². The molecule has 2 aromatic rings. The summed E-state index contributed by atoms with van der Waals surface area (Å²) in [7, 11) is 0. The van der Waals surface area contributed by atoms with Gasteiger partial charge < -0.3 is 10.5 Å². The van der Waals surface area contributed by atoms with Crippen molar-refractivity contribution in [3.05, 3.63) is 24.2 Å². The fourth-order valence-corrected chi connectivity index (χ4v) is 2.00. The molecule has 1 atom stereocenters.